The van der Waals surface area contributed by atoms with Crippen LogP contribution in [0.4, 0.5) is 0 Å². The van der Waals surface area contributed by atoms with Gasteiger partial charge in [0, 0.05) is 6.20 Å². The molecular weight excluding hydrogens is 192 g/mol. The van der Waals surface area contributed by atoms with Crippen LogP contribution in [0.15, 0.2) is 43.4 Å². The molecule has 0 N–H and O–H groups in total. The third-order valence-electron chi connectivity index (χ3n) is 2.34. The van der Waals surface area contributed by atoms with Gasteiger partial charge in [-0.25, -0.2) is 9.98 Å². The van der Waals surface area contributed by atoms with E-state index < -0.39 is 0 Å². The fourth-order valence-electron chi connectivity index (χ4n) is 1.68. The van der Waals surface area contributed by atoms with E-state index in [4.69, 9.17) is 0 Å². The minimum absolute atomic E-state index is 0.266. The number of amidine groups is 1. The lowest BCUT2D eigenvalue weighted by molar-refractivity contribution is -0.113. The van der Waals surface area contributed by atoms with E-state index in [0.29, 0.717) is 23.5 Å². The molecule has 0 spiro atoms. The first-order valence-electron chi connectivity index (χ1n) is 4.52. The Morgan fingerprint density at radius 2 is 2.27 bits per heavy atom. The molecule has 0 saturated carbocycles. The third-order valence-corrected chi connectivity index (χ3v) is 2.34. The Hall–Kier alpha value is -2.17. The molecule has 0 bridgehead atoms. The van der Waals surface area contributed by atoms with E-state index in [1.165, 1.54) is 6.34 Å². The van der Waals surface area contributed by atoms with E-state index in [0.717, 1.165) is 5.57 Å². The molecule has 0 fully saturated rings. The molecule has 0 aliphatic carbocycles. The Morgan fingerprint density at radius 3 is 3.20 bits per heavy atom. The van der Waals surface area contributed by atoms with Crippen molar-refractivity contribution in [2.75, 3.05) is 0 Å². The average Bonchev–Trinajstić information content (AvgIpc) is 2.43. The van der Waals surface area contributed by atoms with Crippen LogP contribution in [-0.2, 0) is 4.79 Å². The minimum atomic E-state index is -0.266. The number of amides is 1. The molecule has 0 saturated heterocycles. The van der Waals surface area contributed by atoms with Gasteiger partial charge in [0.1, 0.15) is 6.34 Å². The van der Waals surface area contributed by atoms with Crippen LogP contribution in [0.25, 0.3) is 0 Å². The zero-order chi connectivity index (χ0) is 10.3. The van der Waals surface area contributed by atoms with E-state index in [-0.39, 0.29) is 5.91 Å². The van der Waals surface area contributed by atoms with Gasteiger partial charge < -0.3 is 0 Å². The van der Waals surface area contributed by atoms with Crippen molar-refractivity contribution in [3.8, 4) is 0 Å². The molecule has 3 heterocycles. The number of aliphatic imine (C=N–C) groups is 4. The van der Waals surface area contributed by atoms with Gasteiger partial charge in [0.2, 0.25) is 0 Å². The number of hydrogen-bond acceptors (Lipinski definition) is 4. The zero-order valence-electron chi connectivity index (χ0n) is 7.71. The topological polar surface area (TPSA) is 66.5 Å². The van der Waals surface area contributed by atoms with Crippen molar-refractivity contribution in [1.82, 2.24) is 0 Å². The van der Waals surface area contributed by atoms with Crippen molar-refractivity contribution >= 4 is 30.0 Å². The summed E-state index contributed by atoms with van der Waals surface area (Å²) in [6.45, 7) is 0. The maximum Gasteiger partial charge on any atom is 0.282 e. The summed E-state index contributed by atoms with van der Waals surface area (Å²) in [4.78, 5) is 27.4. The van der Waals surface area contributed by atoms with Crippen LogP contribution < -0.4 is 0 Å². The smallest absolute Gasteiger partial charge is 0.267 e. The van der Waals surface area contributed by atoms with Crippen LogP contribution in [0.2, 0.25) is 0 Å². The van der Waals surface area contributed by atoms with Crippen LogP contribution >= 0.6 is 0 Å². The summed E-state index contributed by atoms with van der Waals surface area (Å²) >= 11 is 0. The van der Waals surface area contributed by atoms with Crippen molar-refractivity contribution in [1.29, 1.82) is 0 Å². The van der Waals surface area contributed by atoms with Crippen molar-refractivity contribution in [3.05, 3.63) is 23.4 Å². The number of nitrogens with zero attached hydrogens (tertiary/aromatic N) is 4. The lowest BCUT2D eigenvalue weighted by atomic mass is 10.0. The van der Waals surface area contributed by atoms with Crippen molar-refractivity contribution in [3.63, 3.8) is 0 Å². The van der Waals surface area contributed by atoms with Crippen LogP contribution in [0.3, 0.4) is 0 Å². The third kappa shape index (κ3) is 1.13. The largest absolute Gasteiger partial charge is 0.282 e. The fraction of sp³-hybridized carbons (Fsp3) is 0.100. The summed E-state index contributed by atoms with van der Waals surface area (Å²) in [7, 11) is 0. The highest BCUT2D eigenvalue weighted by atomic mass is 16.1. The van der Waals surface area contributed by atoms with Gasteiger partial charge in [0.05, 0.1) is 17.5 Å². The van der Waals surface area contributed by atoms with Crippen LogP contribution in [0.1, 0.15) is 6.42 Å². The summed E-state index contributed by atoms with van der Waals surface area (Å²) in [5.74, 6) is 0.194. The Labute approximate surface area is 85.4 Å². The monoisotopic (exact) mass is 198 g/mol. The highest BCUT2D eigenvalue weighted by Crippen LogP contribution is 2.24. The first-order chi connectivity index (χ1) is 7.36. The molecule has 0 aromatic heterocycles. The van der Waals surface area contributed by atoms with E-state index in [1.54, 1.807) is 12.4 Å². The normalized spacial score (nSPS) is 22.3. The van der Waals surface area contributed by atoms with Gasteiger partial charge in [-0.1, -0.05) is 6.08 Å². The van der Waals surface area contributed by atoms with E-state index in [2.05, 4.69) is 20.0 Å². The Bertz CT molecular complexity index is 532. The van der Waals surface area contributed by atoms with Crippen molar-refractivity contribution in [2.45, 2.75) is 6.42 Å². The van der Waals surface area contributed by atoms with Gasteiger partial charge in [-0.05, 0) is 12.0 Å². The molecule has 15 heavy (non-hydrogen) atoms. The number of fused-ring (bicyclic) bond motifs is 2. The predicted octanol–water partition coefficient (Wildman–Crippen LogP) is 0.693. The number of allylic oxidation sites excluding steroid dienone is 2. The van der Waals surface area contributed by atoms with E-state index in [1.807, 2.05) is 6.08 Å². The SMILES string of the molecule is O=C1N=CN=C2N=C3C=NC=CCC3=C12. The van der Waals surface area contributed by atoms with Gasteiger partial charge in [0.25, 0.3) is 5.91 Å². The molecule has 1 amide bonds. The summed E-state index contributed by atoms with van der Waals surface area (Å²) in [6.07, 6.45) is 7.11. The highest BCUT2D eigenvalue weighted by molar-refractivity contribution is 6.49. The molecule has 3 aliphatic heterocycles. The van der Waals surface area contributed by atoms with Crippen LogP contribution in [-0.4, -0.2) is 30.0 Å². The molecule has 0 unspecified atom stereocenters. The standard InChI is InChI=1S/C10H6N4O/c15-10-8-6-2-1-3-11-4-7(6)14-9(8)12-5-13-10/h1,3-5H,2H2. The number of carbonyl (C=O) groups is 1. The van der Waals surface area contributed by atoms with Gasteiger partial charge in [-0.3, -0.25) is 9.79 Å². The molecule has 3 rings (SSSR count). The van der Waals surface area contributed by atoms with E-state index in [9.17, 15) is 4.79 Å². The van der Waals surface area contributed by atoms with Gasteiger partial charge in [0.15, 0.2) is 5.84 Å². The van der Waals surface area contributed by atoms with Crippen LogP contribution in [0.5, 0.6) is 0 Å². The molecule has 0 atom stereocenters. The molecule has 5 nitrogen and oxygen atoms in total. The Balaban J connectivity index is 2.21. The Morgan fingerprint density at radius 1 is 1.33 bits per heavy atom. The lowest BCUT2D eigenvalue weighted by Gasteiger charge is -2.03. The maximum atomic E-state index is 11.6. The predicted molar refractivity (Wildman–Crippen MR) is 57.6 cm³/mol. The second kappa shape index (κ2) is 2.91. The number of hydrogen-bond donors (Lipinski definition) is 0. The minimum Gasteiger partial charge on any atom is -0.267 e. The second-order valence-electron chi connectivity index (χ2n) is 3.22. The van der Waals surface area contributed by atoms with Gasteiger partial charge >= 0.3 is 0 Å². The molecule has 3 aliphatic rings. The quantitative estimate of drug-likeness (QED) is 0.564. The van der Waals surface area contributed by atoms with Crippen molar-refractivity contribution in [2.24, 2.45) is 20.0 Å². The second-order valence-corrected chi connectivity index (χ2v) is 3.22. The fourth-order valence-corrected chi connectivity index (χ4v) is 1.68. The Kier molecular flexibility index (Phi) is 1.58. The van der Waals surface area contributed by atoms with Crippen molar-refractivity contribution < 1.29 is 4.79 Å². The number of carbonyl (C=O) groups excluding carboxylic acids is 1. The van der Waals surface area contributed by atoms with E-state index >= 15 is 0 Å². The molecule has 5 heteroatoms. The summed E-state index contributed by atoms with van der Waals surface area (Å²) in [6, 6.07) is 0. The molecule has 0 aromatic carbocycles. The molecular formula is C10H6N4O. The van der Waals surface area contributed by atoms with Gasteiger partial charge in [-0.2, -0.15) is 4.99 Å². The molecule has 0 radical (unpaired) electrons. The average molecular weight is 198 g/mol. The summed E-state index contributed by atoms with van der Waals surface area (Å²) < 4.78 is 0. The summed E-state index contributed by atoms with van der Waals surface area (Å²) in [5.41, 5.74) is 2.10. The number of rotatable bonds is 0. The summed E-state index contributed by atoms with van der Waals surface area (Å²) in [5, 5.41) is 0. The first kappa shape index (κ1) is 8.16. The lowest BCUT2D eigenvalue weighted by Crippen LogP contribution is -2.12. The molecule has 0 aromatic rings. The first-order valence-corrected chi connectivity index (χ1v) is 4.52. The zero-order valence-corrected chi connectivity index (χ0v) is 7.71. The molecule has 72 valence electrons. The maximum absolute atomic E-state index is 11.6. The highest BCUT2D eigenvalue weighted by Gasteiger charge is 2.30. The van der Waals surface area contributed by atoms with Gasteiger partial charge in [-0.15, -0.1) is 0 Å². The van der Waals surface area contributed by atoms with Crippen LogP contribution in [0, 0.1) is 0 Å².